The molecule has 0 aromatic heterocycles. The van der Waals surface area contributed by atoms with Crippen molar-refractivity contribution < 1.29 is 33.7 Å². The van der Waals surface area contributed by atoms with Crippen LogP contribution in [0.5, 0.6) is 5.75 Å². The van der Waals surface area contributed by atoms with Crippen molar-refractivity contribution in [1.82, 2.24) is 5.32 Å². The van der Waals surface area contributed by atoms with Gasteiger partial charge in [-0.05, 0) is 75.2 Å². The van der Waals surface area contributed by atoms with Crippen LogP contribution in [0.3, 0.4) is 0 Å². The molecule has 0 aliphatic carbocycles. The van der Waals surface area contributed by atoms with E-state index in [1.54, 1.807) is 69.3 Å². The van der Waals surface area contributed by atoms with E-state index in [2.05, 4.69) is 10.8 Å². The summed E-state index contributed by atoms with van der Waals surface area (Å²) in [6, 6.07) is 22.3. The molecule has 0 saturated heterocycles. The van der Waals surface area contributed by atoms with E-state index in [4.69, 9.17) is 19.3 Å². The molecule has 3 aromatic rings. The van der Waals surface area contributed by atoms with Gasteiger partial charge in [0, 0.05) is 12.0 Å². The molecular weight excluding hydrogens is 488 g/mol. The molecule has 9 heteroatoms. The Morgan fingerprint density at radius 2 is 1.50 bits per heavy atom. The fourth-order valence-corrected chi connectivity index (χ4v) is 3.17. The van der Waals surface area contributed by atoms with E-state index in [9.17, 15) is 14.4 Å². The van der Waals surface area contributed by atoms with E-state index in [1.165, 1.54) is 6.92 Å². The average Bonchev–Trinajstić information content (AvgIpc) is 2.90. The summed E-state index contributed by atoms with van der Waals surface area (Å²) in [4.78, 5) is 51.7. The Hall–Kier alpha value is -4.37. The second kappa shape index (κ2) is 13.3. The van der Waals surface area contributed by atoms with Crippen LogP contribution in [0.4, 0.5) is 10.5 Å². The highest BCUT2D eigenvalue weighted by Gasteiger charge is 2.26. The molecule has 0 spiro atoms. The van der Waals surface area contributed by atoms with Crippen LogP contribution in [0, 0.1) is 0 Å². The van der Waals surface area contributed by atoms with Crippen molar-refractivity contribution in [3.05, 3.63) is 95.6 Å². The van der Waals surface area contributed by atoms with Crippen molar-refractivity contribution >= 4 is 23.5 Å². The topological polar surface area (TPSA) is 112 Å². The van der Waals surface area contributed by atoms with Gasteiger partial charge < -0.3 is 14.9 Å². The molecule has 0 aliphatic rings. The van der Waals surface area contributed by atoms with Crippen LogP contribution in [0.2, 0.25) is 0 Å². The number of ketones is 1. The van der Waals surface area contributed by atoms with Crippen LogP contribution in [0.25, 0.3) is 0 Å². The Morgan fingerprint density at radius 1 is 0.842 bits per heavy atom. The lowest BCUT2D eigenvalue weighted by Gasteiger charge is -2.20. The smallest absolute Gasteiger partial charge is 0.439 e. The first-order chi connectivity index (χ1) is 18.1. The molecule has 0 aliphatic heterocycles. The zero-order valence-corrected chi connectivity index (χ0v) is 21.9. The molecule has 0 heterocycles. The Kier molecular flexibility index (Phi) is 9.84. The molecule has 1 atom stereocenters. The summed E-state index contributed by atoms with van der Waals surface area (Å²) in [5, 5.41) is 2.48. The van der Waals surface area contributed by atoms with Gasteiger partial charge in [-0.15, -0.1) is 0 Å². The standard InChI is InChI=1S/C29H32N2O7/c1-20(32)23-12-14-24(15-13-23)31-36-27(33)26(30-28(34)37-38-29(2,3)4)18-21-10-16-25(17-11-21)35-19-22-8-6-5-7-9-22/h5-17,26,31H,18-19H2,1-4H3,(H,30,34)/t26-/m0/s1. The van der Waals surface area contributed by atoms with Crippen LogP contribution < -0.4 is 15.5 Å². The summed E-state index contributed by atoms with van der Waals surface area (Å²) >= 11 is 0. The number of benzene rings is 3. The SMILES string of the molecule is CC(=O)c1ccc(NOC(=O)[C@H](Cc2ccc(OCc3ccccc3)cc2)NC(=O)OOC(C)(C)C)cc1. The predicted molar refractivity (Wildman–Crippen MR) is 141 cm³/mol. The van der Waals surface area contributed by atoms with Crippen molar-refractivity contribution in [2.24, 2.45) is 0 Å². The minimum absolute atomic E-state index is 0.0784. The fourth-order valence-electron chi connectivity index (χ4n) is 3.17. The summed E-state index contributed by atoms with van der Waals surface area (Å²) in [5.41, 5.74) is 4.60. The van der Waals surface area contributed by atoms with E-state index in [0.717, 1.165) is 11.1 Å². The lowest BCUT2D eigenvalue weighted by Crippen LogP contribution is -2.44. The molecule has 0 saturated carbocycles. The minimum atomic E-state index is -1.09. The van der Waals surface area contributed by atoms with Crippen molar-refractivity contribution in [2.45, 2.75) is 52.4 Å². The summed E-state index contributed by atoms with van der Waals surface area (Å²) in [5.74, 6) is -0.165. The zero-order chi connectivity index (χ0) is 27.5. The van der Waals surface area contributed by atoms with E-state index in [1.807, 2.05) is 30.3 Å². The van der Waals surface area contributed by atoms with E-state index in [0.29, 0.717) is 23.6 Å². The highest BCUT2D eigenvalue weighted by atomic mass is 17.2. The first-order valence-electron chi connectivity index (χ1n) is 12.1. The van der Waals surface area contributed by atoms with Crippen molar-refractivity contribution in [2.75, 3.05) is 5.48 Å². The minimum Gasteiger partial charge on any atom is -0.489 e. The molecule has 2 N–H and O–H groups in total. The van der Waals surface area contributed by atoms with E-state index >= 15 is 0 Å². The number of hydrogen-bond acceptors (Lipinski definition) is 8. The predicted octanol–water partition coefficient (Wildman–Crippen LogP) is 5.41. The molecule has 3 aromatic carbocycles. The molecule has 0 bridgehead atoms. The number of ether oxygens (including phenoxy) is 1. The summed E-state index contributed by atoms with van der Waals surface area (Å²) in [6.45, 7) is 7.04. The second-order valence-corrected chi connectivity index (χ2v) is 9.54. The van der Waals surface area contributed by atoms with Crippen molar-refractivity contribution in [1.29, 1.82) is 0 Å². The molecule has 9 nitrogen and oxygen atoms in total. The largest absolute Gasteiger partial charge is 0.489 e. The monoisotopic (exact) mass is 520 g/mol. The van der Waals surface area contributed by atoms with Crippen LogP contribution >= 0.6 is 0 Å². The number of nitrogens with one attached hydrogen (secondary N) is 2. The summed E-state index contributed by atoms with van der Waals surface area (Å²) in [6.07, 6.45) is -0.816. The van der Waals surface area contributed by atoms with Gasteiger partial charge in [-0.2, -0.15) is 4.89 Å². The fraction of sp³-hybridized carbons (Fsp3) is 0.276. The van der Waals surface area contributed by atoms with E-state index < -0.39 is 23.7 Å². The van der Waals surface area contributed by atoms with Crippen LogP contribution in [0.15, 0.2) is 78.9 Å². The summed E-state index contributed by atoms with van der Waals surface area (Å²) < 4.78 is 5.81. The number of hydrogen-bond donors (Lipinski definition) is 2. The maximum absolute atomic E-state index is 12.9. The molecule has 3 rings (SSSR count). The lowest BCUT2D eigenvalue weighted by atomic mass is 10.1. The molecule has 200 valence electrons. The molecule has 1 amide bonds. The van der Waals surface area contributed by atoms with Crippen molar-refractivity contribution in [3.8, 4) is 5.75 Å². The quantitative estimate of drug-likeness (QED) is 0.196. The van der Waals surface area contributed by atoms with Crippen LogP contribution in [0.1, 0.15) is 49.2 Å². The third-order valence-electron chi connectivity index (χ3n) is 5.12. The second-order valence-electron chi connectivity index (χ2n) is 9.54. The highest BCUT2D eigenvalue weighted by Crippen LogP contribution is 2.17. The molecule has 38 heavy (non-hydrogen) atoms. The normalized spacial score (nSPS) is 11.7. The number of amides is 1. The average molecular weight is 521 g/mol. The van der Waals surface area contributed by atoms with Gasteiger partial charge in [0.05, 0.1) is 5.69 Å². The molecular formula is C29H32N2O7. The number of Topliss-reactive ketones (excluding diaryl/α,β-unsaturated/α-hetero) is 1. The van der Waals surface area contributed by atoms with Gasteiger partial charge >= 0.3 is 12.1 Å². The maximum atomic E-state index is 12.9. The Balaban J connectivity index is 1.63. The highest BCUT2D eigenvalue weighted by molar-refractivity contribution is 5.94. The number of rotatable bonds is 11. The third kappa shape index (κ3) is 9.59. The van der Waals surface area contributed by atoms with Gasteiger partial charge in [0.1, 0.15) is 24.0 Å². The zero-order valence-electron chi connectivity index (χ0n) is 21.9. The van der Waals surface area contributed by atoms with Gasteiger partial charge in [-0.3, -0.25) is 9.68 Å². The number of anilines is 1. The first kappa shape index (κ1) is 28.2. The first-order valence-corrected chi connectivity index (χ1v) is 12.1. The Morgan fingerprint density at radius 3 is 2.11 bits per heavy atom. The van der Waals surface area contributed by atoms with Gasteiger partial charge in [0.15, 0.2) is 5.78 Å². The molecule has 0 radical (unpaired) electrons. The molecule has 0 unspecified atom stereocenters. The Labute approximate surface area is 221 Å². The Bertz CT molecular complexity index is 1200. The number of carbonyl (C=O) groups excluding carboxylic acids is 3. The van der Waals surface area contributed by atoms with Gasteiger partial charge in [-0.25, -0.2) is 15.1 Å². The summed E-state index contributed by atoms with van der Waals surface area (Å²) in [7, 11) is 0. The van der Waals surface area contributed by atoms with Gasteiger partial charge in [0.25, 0.3) is 0 Å². The number of carbonyl (C=O) groups is 3. The van der Waals surface area contributed by atoms with Crippen LogP contribution in [-0.4, -0.2) is 29.5 Å². The molecule has 0 fully saturated rings. The van der Waals surface area contributed by atoms with Gasteiger partial charge in [0.2, 0.25) is 0 Å². The lowest BCUT2D eigenvalue weighted by molar-refractivity contribution is -0.300. The third-order valence-corrected chi connectivity index (χ3v) is 5.12. The van der Waals surface area contributed by atoms with Crippen LogP contribution in [-0.2, 0) is 32.4 Å². The van der Waals surface area contributed by atoms with Crippen molar-refractivity contribution in [3.63, 3.8) is 0 Å². The van der Waals surface area contributed by atoms with E-state index in [-0.39, 0.29) is 12.2 Å². The van der Waals surface area contributed by atoms with Gasteiger partial charge in [-0.1, -0.05) is 42.5 Å². The maximum Gasteiger partial charge on any atom is 0.439 e.